The smallest absolute Gasteiger partial charge is 0.273 e. The minimum Gasteiger partial charge on any atom is -0.507 e. The maximum Gasteiger partial charge on any atom is 0.273 e. The number of halogens is 1. The lowest BCUT2D eigenvalue weighted by molar-refractivity contribution is 0.0730. The van der Waals surface area contributed by atoms with Crippen LogP contribution in [0.15, 0.2) is 66.7 Å². The lowest BCUT2D eigenvalue weighted by Gasteiger charge is -2.27. The number of aromatic hydroxyl groups is 1. The molecule has 184 valence electrons. The fourth-order valence-electron chi connectivity index (χ4n) is 4.50. The average molecular weight is 504 g/mol. The molecule has 0 bridgehead atoms. The van der Waals surface area contributed by atoms with Gasteiger partial charge in [0.1, 0.15) is 28.6 Å². The molecule has 1 unspecified atom stereocenters. The standard InChI is InChI=1S/C28H26ClN3O4/c1-3-14-36-21-11-6-18(7-12-21)27-24-25(22-15-19(29)8-13-23(22)33)30-31-26(24)28(34)32(27)16-17-4-9-20(35-2)10-5-17/h4-13,15,27,33H,3,14,16H2,1-2H3,(H,30,31). The number of phenolic OH excluding ortho intramolecular Hbond substituents is 1. The molecule has 0 fully saturated rings. The summed E-state index contributed by atoms with van der Waals surface area (Å²) in [5.74, 6) is 1.39. The van der Waals surface area contributed by atoms with Crippen LogP contribution in [0.2, 0.25) is 5.02 Å². The third kappa shape index (κ3) is 4.38. The molecule has 8 heteroatoms. The fraction of sp³-hybridized carbons (Fsp3) is 0.214. The first kappa shape index (κ1) is 23.8. The second-order valence-electron chi connectivity index (χ2n) is 8.62. The molecule has 0 saturated carbocycles. The van der Waals surface area contributed by atoms with Crippen LogP contribution in [0.25, 0.3) is 11.3 Å². The lowest BCUT2D eigenvalue weighted by Crippen LogP contribution is -2.29. The quantitative estimate of drug-likeness (QED) is 0.309. The third-order valence-electron chi connectivity index (χ3n) is 6.26. The van der Waals surface area contributed by atoms with E-state index in [1.54, 1.807) is 24.1 Å². The summed E-state index contributed by atoms with van der Waals surface area (Å²) < 4.78 is 11.0. The molecule has 2 heterocycles. The highest BCUT2D eigenvalue weighted by molar-refractivity contribution is 6.31. The highest BCUT2D eigenvalue weighted by Gasteiger charge is 2.42. The normalized spacial score (nSPS) is 14.7. The third-order valence-corrected chi connectivity index (χ3v) is 6.49. The Labute approximate surface area is 214 Å². The van der Waals surface area contributed by atoms with Crippen molar-refractivity contribution < 1.29 is 19.4 Å². The predicted molar refractivity (Wildman–Crippen MR) is 138 cm³/mol. The monoisotopic (exact) mass is 503 g/mol. The molecular formula is C28H26ClN3O4. The number of amides is 1. The molecule has 2 N–H and O–H groups in total. The van der Waals surface area contributed by atoms with Crippen LogP contribution in [0.3, 0.4) is 0 Å². The van der Waals surface area contributed by atoms with Crippen LogP contribution < -0.4 is 9.47 Å². The zero-order chi connectivity index (χ0) is 25.2. The van der Waals surface area contributed by atoms with Gasteiger partial charge in [-0.2, -0.15) is 5.10 Å². The van der Waals surface area contributed by atoms with E-state index in [4.69, 9.17) is 21.1 Å². The van der Waals surface area contributed by atoms with Gasteiger partial charge in [-0.1, -0.05) is 42.8 Å². The fourth-order valence-corrected chi connectivity index (χ4v) is 4.68. The van der Waals surface area contributed by atoms with Gasteiger partial charge in [0.15, 0.2) is 0 Å². The Morgan fingerprint density at radius 1 is 1.06 bits per heavy atom. The van der Waals surface area contributed by atoms with Crippen molar-refractivity contribution in [2.45, 2.75) is 25.9 Å². The van der Waals surface area contributed by atoms with E-state index >= 15 is 0 Å². The van der Waals surface area contributed by atoms with Crippen LogP contribution in [0, 0.1) is 0 Å². The van der Waals surface area contributed by atoms with E-state index in [1.165, 1.54) is 6.07 Å². The number of methoxy groups -OCH3 is 1. The molecular weight excluding hydrogens is 478 g/mol. The highest BCUT2D eigenvalue weighted by Crippen LogP contribution is 2.45. The van der Waals surface area contributed by atoms with Gasteiger partial charge in [0.25, 0.3) is 5.91 Å². The molecule has 36 heavy (non-hydrogen) atoms. The Hall–Kier alpha value is -3.97. The Balaban J connectivity index is 1.59. The van der Waals surface area contributed by atoms with Crippen molar-refractivity contribution >= 4 is 17.5 Å². The van der Waals surface area contributed by atoms with E-state index in [0.29, 0.717) is 40.7 Å². The number of carbonyl (C=O) groups is 1. The summed E-state index contributed by atoms with van der Waals surface area (Å²) in [4.78, 5) is 15.4. The number of nitrogens with zero attached hydrogens (tertiary/aromatic N) is 2. The minimum atomic E-state index is -0.429. The van der Waals surface area contributed by atoms with E-state index in [0.717, 1.165) is 29.0 Å². The molecule has 3 aromatic carbocycles. The summed E-state index contributed by atoms with van der Waals surface area (Å²) in [7, 11) is 1.62. The van der Waals surface area contributed by atoms with E-state index in [-0.39, 0.29) is 11.7 Å². The second-order valence-corrected chi connectivity index (χ2v) is 9.06. The molecule has 1 aromatic heterocycles. The number of hydrogen-bond donors (Lipinski definition) is 2. The van der Waals surface area contributed by atoms with Crippen LogP contribution in [0.1, 0.15) is 46.6 Å². The molecule has 4 aromatic rings. The molecule has 1 amide bonds. The van der Waals surface area contributed by atoms with Gasteiger partial charge in [-0.25, -0.2) is 0 Å². The Bertz CT molecular complexity index is 1380. The number of H-pyrrole nitrogens is 1. The second kappa shape index (κ2) is 9.95. The summed E-state index contributed by atoms with van der Waals surface area (Å²) in [5.41, 5.74) is 3.92. The summed E-state index contributed by atoms with van der Waals surface area (Å²) in [6, 6.07) is 19.8. The van der Waals surface area contributed by atoms with Crippen LogP contribution >= 0.6 is 11.6 Å². The van der Waals surface area contributed by atoms with Gasteiger partial charge in [0.2, 0.25) is 0 Å². The SMILES string of the molecule is CCCOc1ccc(C2c3c(-c4cc(Cl)ccc4O)n[nH]c3C(=O)N2Cc2ccc(OC)cc2)cc1. The number of benzene rings is 3. The van der Waals surface area contributed by atoms with Crippen LogP contribution in [0.4, 0.5) is 0 Å². The number of carbonyl (C=O) groups excluding carboxylic acids is 1. The van der Waals surface area contributed by atoms with Crippen molar-refractivity contribution in [2.75, 3.05) is 13.7 Å². The molecule has 0 spiro atoms. The van der Waals surface area contributed by atoms with Gasteiger partial charge in [0, 0.05) is 22.7 Å². The number of aromatic amines is 1. The topological polar surface area (TPSA) is 87.7 Å². The van der Waals surface area contributed by atoms with E-state index in [2.05, 4.69) is 17.1 Å². The van der Waals surface area contributed by atoms with Gasteiger partial charge in [-0.15, -0.1) is 0 Å². The van der Waals surface area contributed by atoms with Gasteiger partial charge in [-0.05, 0) is 60.0 Å². The van der Waals surface area contributed by atoms with E-state index in [9.17, 15) is 9.90 Å². The largest absolute Gasteiger partial charge is 0.507 e. The van der Waals surface area contributed by atoms with Gasteiger partial charge < -0.3 is 19.5 Å². The minimum absolute atomic E-state index is 0.0387. The number of ether oxygens (including phenoxy) is 2. The number of hydrogen-bond acceptors (Lipinski definition) is 5. The maximum absolute atomic E-state index is 13.6. The predicted octanol–water partition coefficient (Wildman–Crippen LogP) is 5.98. The number of phenols is 1. The molecule has 0 aliphatic carbocycles. The van der Waals surface area contributed by atoms with Gasteiger partial charge in [-0.3, -0.25) is 9.89 Å². The number of nitrogens with one attached hydrogen (secondary N) is 1. The number of fused-ring (bicyclic) bond motifs is 1. The summed E-state index contributed by atoms with van der Waals surface area (Å²) in [6.07, 6.45) is 0.916. The Kier molecular flexibility index (Phi) is 6.57. The molecule has 0 saturated heterocycles. The number of rotatable bonds is 8. The first-order chi connectivity index (χ1) is 17.5. The Morgan fingerprint density at radius 2 is 1.78 bits per heavy atom. The van der Waals surface area contributed by atoms with Crippen molar-refractivity contribution in [1.29, 1.82) is 0 Å². The molecule has 0 radical (unpaired) electrons. The van der Waals surface area contributed by atoms with Crippen LogP contribution in [-0.2, 0) is 6.54 Å². The molecule has 1 aliphatic heterocycles. The molecule has 7 nitrogen and oxygen atoms in total. The zero-order valence-electron chi connectivity index (χ0n) is 20.0. The summed E-state index contributed by atoms with van der Waals surface area (Å²) in [5, 5.41) is 18.4. The highest BCUT2D eigenvalue weighted by atomic mass is 35.5. The first-order valence-corrected chi connectivity index (χ1v) is 12.1. The van der Waals surface area contributed by atoms with E-state index < -0.39 is 6.04 Å². The summed E-state index contributed by atoms with van der Waals surface area (Å²) >= 11 is 6.24. The zero-order valence-corrected chi connectivity index (χ0v) is 20.7. The lowest BCUT2D eigenvalue weighted by atomic mass is 9.95. The van der Waals surface area contributed by atoms with Gasteiger partial charge in [0.05, 0.1) is 19.8 Å². The molecule has 1 atom stereocenters. The Morgan fingerprint density at radius 3 is 2.47 bits per heavy atom. The van der Waals surface area contributed by atoms with Crippen LogP contribution in [0.5, 0.6) is 17.2 Å². The van der Waals surface area contributed by atoms with Crippen molar-refractivity contribution in [3.05, 3.63) is 94.1 Å². The average Bonchev–Trinajstić information content (AvgIpc) is 3.44. The van der Waals surface area contributed by atoms with Crippen molar-refractivity contribution in [2.24, 2.45) is 0 Å². The van der Waals surface area contributed by atoms with Crippen molar-refractivity contribution in [1.82, 2.24) is 15.1 Å². The molecule has 5 rings (SSSR count). The first-order valence-electron chi connectivity index (χ1n) is 11.7. The summed E-state index contributed by atoms with van der Waals surface area (Å²) in [6.45, 7) is 3.07. The van der Waals surface area contributed by atoms with E-state index in [1.807, 2.05) is 48.5 Å². The number of aromatic nitrogens is 2. The molecule has 1 aliphatic rings. The van der Waals surface area contributed by atoms with Gasteiger partial charge >= 0.3 is 0 Å². The van der Waals surface area contributed by atoms with Crippen molar-refractivity contribution in [3.8, 4) is 28.5 Å². The van der Waals surface area contributed by atoms with Crippen molar-refractivity contribution in [3.63, 3.8) is 0 Å². The maximum atomic E-state index is 13.6. The van der Waals surface area contributed by atoms with Crippen LogP contribution in [-0.4, -0.2) is 39.8 Å².